The van der Waals surface area contributed by atoms with E-state index in [4.69, 9.17) is 0 Å². The molecule has 4 heteroatoms. The second kappa shape index (κ2) is 6.84. The van der Waals surface area contributed by atoms with Gasteiger partial charge in [-0.3, -0.25) is 10.1 Å². The van der Waals surface area contributed by atoms with Gasteiger partial charge in [-0.25, -0.2) is 4.39 Å². The molecule has 1 aliphatic rings. The van der Waals surface area contributed by atoms with E-state index in [1.54, 1.807) is 17.0 Å². The van der Waals surface area contributed by atoms with Crippen LogP contribution in [0.25, 0.3) is 0 Å². The summed E-state index contributed by atoms with van der Waals surface area (Å²) in [5, 5.41) is 3.30. The molecule has 0 bridgehead atoms. The third kappa shape index (κ3) is 3.01. The van der Waals surface area contributed by atoms with E-state index in [2.05, 4.69) is 12.2 Å². The van der Waals surface area contributed by atoms with Crippen molar-refractivity contribution in [2.75, 3.05) is 6.54 Å². The van der Waals surface area contributed by atoms with Gasteiger partial charge in [-0.15, -0.1) is 0 Å². The fourth-order valence-corrected chi connectivity index (χ4v) is 2.73. The number of hydrogen-bond acceptors (Lipinski definition) is 2. The van der Waals surface area contributed by atoms with Crippen molar-refractivity contribution in [3.8, 4) is 0 Å². The van der Waals surface area contributed by atoms with Crippen molar-refractivity contribution in [1.29, 1.82) is 0 Å². The van der Waals surface area contributed by atoms with Gasteiger partial charge in [-0.05, 0) is 18.9 Å². The quantitative estimate of drug-likeness (QED) is 0.866. The van der Waals surface area contributed by atoms with Crippen LogP contribution in [-0.4, -0.2) is 23.4 Å². The van der Waals surface area contributed by atoms with Crippen LogP contribution in [0.1, 0.15) is 51.3 Å². The van der Waals surface area contributed by atoms with E-state index < -0.39 is 0 Å². The molecule has 2 atom stereocenters. The number of amides is 1. The topological polar surface area (TPSA) is 32.3 Å². The highest BCUT2D eigenvalue weighted by Gasteiger charge is 2.39. The molecule has 110 valence electrons. The monoisotopic (exact) mass is 278 g/mol. The van der Waals surface area contributed by atoms with Gasteiger partial charge in [0.25, 0.3) is 0 Å². The highest BCUT2D eigenvalue weighted by atomic mass is 19.1. The van der Waals surface area contributed by atoms with E-state index in [0.717, 1.165) is 25.7 Å². The van der Waals surface area contributed by atoms with Crippen LogP contribution in [0.2, 0.25) is 0 Å². The number of halogens is 1. The van der Waals surface area contributed by atoms with E-state index in [1.165, 1.54) is 6.07 Å². The third-order valence-corrected chi connectivity index (χ3v) is 3.76. The summed E-state index contributed by atoms with van der Waals surface area (Å²) in [6.07, 6.45) is 3.43. The molecule has 1 saturated heterocycles. The average molecular weight is 278 g/mol. The van der Waals surface area contributed by atoms with Gasteiger partial charge in [0.1, 0.15) is 12.0 Å². The van der Waals surface area contributed by atoms with Gasteiger partial charge in [0, 0.05) is 12.1 Å². The Morgan fingerprint density at radius 2 is 2.00 bits per heavy atom. The summed E-state index contributed by atoms with van der Waals surface area (Å²) >= 11 is 0. The molecule has 0 aromatic heterocycles. The van der Waals surface area contributed by atoms with Crippen LogP contribution in [0.15, 0.2) is 24.3 Å². The number of rotatable bonds is 6. The van der Waals surface area contributed by atoms with E-state index >= 15 is 0 Å². The van der Waals surface area contributed by atoms with E-state index in [1.807, 2.05) is 13.0 Å². The zero-order chi connectivity index (χ0) is 14.5. The molecule has 1 amide bonds. The normalized spacial score (nSPS) is 22.6. The molecule has 1 heterocycles. The highest BCUT2D eigenvalue weighted by molar-refractivity contribution is 5.84. The Kier molecular flexibility index (Phi) is 5.12. The van der Waals surface area contributed by atoms with Gasteiger partial charge < -0.3 is 4.90 Å². The van der Waals surface area contributed by atoms with Crippen LogP contribution in [-0.2, 0) is 4.79 Å². The third-order valence-electron chi connectivity index (χ3n) is 3.76. The Balaban J connectivity index is 2.22. The minimum absolute atomic E-state index is 0.105. The Hall–Kier alpha value is -1.42. The standard InChI is InChI=1S/C16H23FN2O/c1-3-5-10-14-16(20)19(11-4-2)15(18-14)12-8-6-7-9-13(12)17/h6-9,14-15,18H,3-5,10-11H2,1-2H3. The fourth-order valence-electron chi connectivity index (χ4n) is 2.73. The summed E-state index contributed by atoms with van der Waals surface area (Å²) < 4.78 is 14.0. The maximum absolute atomic E-state index is 14.0. The van der Waals surface area contributed by atoms with Crippen LogP contribution in [0, 0.1) is 5.82 Å². The molecule has 3 nitrogen and oxygen atoms in total. The van der Waals surface area contributed by atoms with Gasteiger partial charge in [0.05, 0.1) is 6.04 Å². The first-order chi connectivity index (χ1) is 9.69. The predicted molar refractivity (Wildman–Crippen MR) is 77.6 cm³/mol. The zero-order valence-electron chi connectivity index (χ0n) is 12.2. The number of nitrogens with zero attached hydrogens (tertiary/aromatic N) is 1. The van der Waals surface area contributed by atoms with Gasteiger partial charge in [-0.1, -0.05) is 44.9 Å². The summed E-state index contributed by atoms with van der Waals surface area (Å²) in [6, 6.07) is 6.52. The molecule has 2 unspecified atom stereocenters. The van der Waals surface area contributed by atoms with Crippen molar-refractivity contribution in [2.24, 2.45) is 0 Å². The molecule has 0 aliphatic carbocycles. The molecule has 1 aliphatic heterocycles. The van der Waals surface area contributed by atoms with Crippen molar-refractivity contribution >= 4 is 5.91 Å². The molecule has 1 aromatic carbocycles. The largest absolute Gasteiger partial charge is 0.321 e. The fraction of sp³-hybridized carbons (Fsp3) is 0.562. The first-order valence-electron chi connectivity index (χ1n) is 7.50. The zero-order valence-corrected chi connectivity index (χ0v) is 12.2. The van der Waals surface area contributed by atoms with Gasteiger partial charge in [0.2, 0.25) is 5.91 Å². The SMILES string of the molecule is CCCCC1NC(c2ccccc2F)N(CCC)C1=O. The lowest BCUT2D eigenvalue weighted by Crippen LogP contribution is -2.32. The first kappa shape index (κ1) is 15.0. The van der Waals surface area contributed by atoms with E-state index in [0.29, 0.717) is 12.1 Å². The maximum atomic E-state index is 14.0. The lowest BCUT2D eigenvalue weighted by molar-refractivity contribution is -0.130. The minimum Gasteiger partial charge on any atom is -0.321 e. The summed E-state index contributed by atoms with van der Waals surface area (Å²) in [5.74, 6) is -0.149. The highest BCUT2D eigenvalue weighted by Crippen LogP contribution is 2.28. The predicted octanol–water partition coefficient (Wildman–Crippen LogP) is 3.22. The molecule has 1 fully saturated rings. The number of hydrogen-bond donors (Lipinski definition) is 1. The average Bonchev–Trinajstić information content (AvgIpc) is 2.75. The molecular weight excluding hydrogens is 255 g/mol. The van der Waals surface area contributed by atoms with Gasteiger partial charge in [-0.2, -0.15) is 0 Å². The molecule has 0 saturated carbocycles. The minimum atomic E-state index is -0.328. The van der Waals surface area contributed by atoms with Crippen LogP contribution < -0.4 is 5.32 Å². The molecule has 0 radical (unpaired) electrons. The number of unbranched alkanes of at least 4 members (excludes halogenated alkanes) is 1. The molecule has 0 spiro atoms. The summed E-state index contributed by atoms with van der Waals surface area (Å²) in [5.41, 5.74) is 0.563. The number of carbonyl (C=O) groups excluding carboxylic acids is 1. The lowest BCUT2D eigenvalue weighted by Gasteiger charge is -2.24. The second-order valence-electron chi connectivity index (χ2n) is 5.32. The first-order valence-corrected chi connectivity index (χ1v) is 7.50. The Morgan fingerprint density at radius 3 is 2.65 bits per heavy atom. The summed E-state index contributed by atoms with van der Waals surface area (Å²) in [6.45, 7) is 4.80. The number of benzene rings is 1. The van der Waals surface area contributed by atoms with Crippen LogP contribution in [0.4, 0.5) is 4.39 Å². The van der Waals surface area contributed by atoms with Gasteiger partial charge >= 0.3 is 0 Å². The molecule has 20 heavy (non-hydrogen) atoms. The second-order valence-corrected chi connectivity index (χ2v) is 5.32. The smallest absolute Gasteiger partial charge is 0.241 e. The van der Waals surface area contributed by atoms with Crippen molar-refractivity contribution in [2.45, 2.75) is 51.7 Å². The molecule has 1 aromatic rings. The van der Waals surface area contributed by atoms with Crippen molar-refractivity contribution in [1.82, 2.24) is 10.2 Å². The Bertz CT molecular complexity index is 464. The summed E-state index contributed by atoms with van der Waals surface area (Å²) in [7, 11) is 0. The van der Waals surface area contributed by atoms with Crippen LogP contribution >= 0.6 is 0 Å². The lowest BCUT2D eigenvalue weighted by atomic mass is 10.1. The van der Waals surface area contributed by atoms with Crippen LogP contribution in [0.5, 0.6) is 0 Å². The van der Waals surface area contributed by atoms with Crippen molar-refractivity contribution in [3.63, 3.8) is 0 Å². The molecular formula is C16H23FN2O. The van der Waals surface area contributed by atoms with Crippen LogP contribution in [0.3, 0.4) is 0 Å². The maximum Gasteiger partial charge on any atom is 0.241 e. The summed E-state index contributed by atoms with van der Waals surface area (Å²) in [4.78, 5) is 14.2. The molecule has 2 rings (SSSR count). The Morgan fingerprint density at radius 1 is 1.25 bits per heavy atom. The van der Waals surface area contributed by atoms with E-state index in [-0.39, 0.29) is 23.9 Å². The van der Waals surface area contributed by atoms with Gasteiger partial charge in [0.15, 0.2) is 0 Å². The van der Waals surface area contributed by atoms with Crippen molar-refractivity contribution < 1.29 is 9.18 Å². The van der Waals surface area contributed by atoms with E-state index in [9.17, 15) is 9.18 Å². The number of carbonyl (C=O) groups is 1. The van der Waals surface area contributed by atoms with Crippen molar-refractivity contribution in [3.05, 3.63) is 35.6 Å². The Labute approximate surface area is 120 Å². The number of nitrogens with one attached hydrogen (secondary N) is 1. The molecule has 1 N–H and O–H groups in total.